The fraction of sp³-hybridized carbons (Fsp3) is 0.0476. The number of nitrogens with one attached hydrogen (secondary N) is 1. The molecule has 5 heteroatoms. The molecule has 4 rings (SSSR count). The molecule has 0 aliphatic heterocycles. The molecule has 2 aromatic heterocycles. The molecule has 0 fully saturated rings. The topological polar surface area (TPSA) is 74.5 Å². The molecule has 0 spiro atoms. The molecule has 26 heavy (non-hydrogen) atoms. The maximum Gasteiger partial charge on any atom is 0.162 e. The van der Waals surface area contributed by atoms with Crippen LogP contribution in [-0.2, 0) is 6.54 Å². The molecule has 0 saturated carbocycles. The number of nitriles is 1. The van der Waals surface area contributed by atoms with E-state index in [-0.39, 0.29) is 0 Å². The Morgan fingerprint density at radius 2 is 1.73 bits per heavy atom. The van der Waals surface area contributed by atoms with Crippen LogP contribution in [0, 0.1) is 11.3 Å². The highest BCUT2D eigenvalue weighted by Gasteiger charge is 2.10. The Labute approximate surface area is 151 Å². The van der Waals surface area contributed by atoms with Gasteiger partial charge in [-0.25, -0.2) is 9.97 Å². The second-order valence-corrected chi connectivity index (χ2v) is 5.81. The van der Waals surface area contributed by atoms with Gasteiger partial charge in [-0.2, -0.15) is 5.26 Å². The fourth-order valence-electron chi connectivity index (χ4n) is 2.74. The van der Waals surface area contributed by atoms with Gasteiger partial charge in [0.25, 0.3) is 0 Å². The molecule has 2 aromatic carbocycles. The molecule has 0 atom stereocenters. The van der Waals surface area contributed by atoms with Crippen LogP contribution in [0.5, 0.6) is 0 Å². The summed E-state index contributed by atoms with van der Waals surface area (Å²) in [6.07, 6.45) is 3.44. The summed E-state index contributed by atoms with van der Waals surface area (Å²) in [5.41, 5.74) is 3.43. The van der Waals surface area contributed by atoms with E-state index in [9.17, 15) is 5.26 Å². The van der Waals surface area contributed by atoms with Crippen molar-refractivity contribution < 1.29 is 0 Å². The Bertz CT molecular complexity index is 1090. The molecule has 0 saturated heterocycles. The van der Waals surface area contributed by atoms with Crippen molar-refractivity contribution in [3.63, 3.8) is 0 Å². The third kappa shape index (κ3) is 3.21. The molecule has 4 aromatic rings. The van der Waals surface area contributed by atoms with Gasteiger partial charge in [-0.05, 0) is 35.9 Å². The Balaban J connectivity index is 1.80. The maximum absolute atomic E-state index is 9.21. The number of anilines is 1. The van der Waals surface area contributed by atoms with E-state index in [4.69, 9.17) is 4.98 Å². The van der Waals surface area contributed by atoms with Gasteiger partial charge in [0, 0.05) is 29.9 Å². The first-order valence-corrected chi connectivity index (χ1v) is 8.23. The number of pyridine rings is 1. The van der Waals surface area contributed by atoms with Crippen molar-refractivity contribution in [1.82, 2.24) is 15.0 Å². The van der Waals surface area contributed by atoms with E-state index in [1.54, 1.807) is 18.5 Å². The highest BCUT2D eigenvalue weighted by molar-refractivity contribution is 5.91. The summed E-state index contributed by atoms with van der Waals surface area (Å²) >= 11 is 0. The fourth-order valence-corrected chi connectivity index (χ4v) is 2.74. The summed E-state index contributed by atoms with van der Waals surface area (Å²) in [6, 6.07) is 21.5. The number of nitrogens with zero attached hydrogens (tertiary/aromatic N) is 4. The molecule has 2 heterocycles. The lowest BCUT2D eigenvalue weighted by atomic mass is 10.1. The average molecular weight is 337 g/mol. The molecule has 0 aliphatic carbocycles. The van der Waals surface area contributed by atoms with Gasteiger partial charge in [0.05, 0.1) is 17.1 Å². The monoisotopic (exact) mass is 337 g/mol. The number of fused-ring (bicyclic) bond motifs is 1. The highest BCUT2D eigenvalue weighted by atomic mass is 15.0. The Hall–Kier alpha value is -3.78. The van der Waals surface area contributed by atoms with Crippen LogP contribution in [0.2, 0.25) is 0 Å². The zero-order valence-corrected chi connectivity index (χ0v) is 13.9. The first kappa shape index (κ1) is 15.7. The molecular formula is C21H15N5. The standard InChI is InChI=1S/C21H15N5/c22-13-16-6-7-19-18(12-16)21(24-14-15-4-2-1-3-5-15)26-20(25-19)17-8-10-23-11-9-17/h1-12H,14H2,(H,24,25,26). The van der Waals surface area contributed by atoms with Gasteiger partial charge < -0.3 is 5.32 Å². The van der Waals surface area contributed by atoms with Crippen LogP contribution < -0.4 is 5.32 Å². The Morgan fingerprint density at radius 3 is 2.50 bits per heavy atom. The second kappa shape index (κ2) is 6.99. The highest BCUT2D eigenvalue weighted by Crippen LogP contribution is 2.26. The van der Waals surface area contributed by atoms with E-state index in [2.05, 4.69) is 33.5 Å². The zero-order valence-electron chi connectivity index (χ0n) is 13.9. The maximum atomic E-state index is 9.21. The van der Waals surface area contributed by atoms with Gasteiger partial charge in [0.1, 0.15) is 5.82 Å². The molecular weight excluding hydrogens is 322 g/mol. The van der Waals surface area contributed by atoms with Crippen molar-refractivity contribution in [2.24, 2.45) is 0 Å². The second-order valence-electron chi connectivity index (χ2n) is 5.81. The number of hydrogen-bond donors (Lipinski definition) is 1. The molecule has 0 radical (unpaired) electrons. The summed E-state index contributed by atoms with van der Waals surface area (Å²) in [7, 11) is 0. The quantitative estimate of drug-likeness (QED) is 0.605. The largest absolute Gasteiger partial charge is 0.365 e. The smallest absolute Gasteiger partial charge is 0.162 e. The predicted molar refractivity (Wildman–Crippen MR) is 101 cm³/mol. The van der Waals surface area contributed by atoms with Crippen molar-refractivity contribution in [3.8, 4) is 17.5 Å². The zero-order chi connectivity index (χ0) is 17.8. The third-order valence-corrected chi connectivity index (χ3v) is 4.07. The first-order valence-electron chi connectivity index (χ1n) is 8.23. The van der Waals surface area contributed by atoms with Crippen molar-refractivity contribution >= 4 is 16.7 Å². The summed E-state index contributed by atoms with van der Waals surface area (Å²) in [5.74, 6) is 1.34. The van der Waals surface area contributed by atoms with Crippen molar-refractivity contribution in [1.29, 1.82) is 5.26 Å². The van der Waals surface area contributed by atoms with E-state index in [1.807, 2.05) is 42.5 Å². The lowest BCUT2D eigenvalue weighted by Gasteiger charge is -2.11. The van der Waals surface area contributed by atoms with Crippen LogP contribution in [0.1, 0.15) is 11.1 Å². The number of benzene rings is 2. The summed E-state index contributed by atoms with van der Waals surface area (Å²) in [6.45, 7) is 0.638. The molecule has 124 valence electrons. The summed E-state index contributed by atoms with van der Waals surface area (Å²) < 4.78 is 0. The minimum Gasteiger partial charge on any atom is -0.365 e. The van der Waals surface area contributed by atoms with Gasteiger partial charge >= 0.3 is 0 Å². The Morgan fingerprint density at radius 1 is 0.923 bits per heavy atom. The van der Waals surface area contributed by atoms with Crippen LogP contribution in [-0.4, -0.2) is 15.0 Å². The third-order valence-electron chi connectivity index (χ3n) is 4.07. The molecule has 0 unspecified atom stereocenters. The van der Waals surface area contributed by atoms with E-state index in [1.165, 1.54) is 0 Å². The van der Waals surface area contributed by atoms with Gasteiger partial charge in [-0.1, -0.05) is 30.3 Å². The number of aromatic nitrogens is 3. The van der Waals surface area contributed by atoms with E-state index >= 15 is 0 Å². The van der Waals surface area contributed by atoms with Gasteiger partial charge in [0.2, 0.25) is 0 Å². The average Bonchev–Trinajstić information content (AvgIpc) is 2.73. The van der Waals surface area contributed by atoms with Crippen molar-refractivity contribution in [2.75, 3.05) is 5.32 Å². The number of rotatable bonds is 4. The molecule has 0 aliphatic rings. The molecule has 0 bridgehead atoms. The minimum atomic E-state index is 0.584. The van der Waals surface area contributed by atoms with Crippen LogP contribution in [0.4, 0.5) is 5.82 Å². The molecule has 5 nitrogen and oxygen atoms in total. The predicted octanol–water partition coefficient (Wildman–Crippen LogP) is 4.18. The van der Waals surface area contributed by atoms with Crippen molar-refractivity contribution in [2.45, 2.75) is 6.54 Å². The van der Waals surface area contributed by atoms with Gasteiger partial charge in [-0.15, -0.1) is 0 Å². The summed E-state index contributed by atoms with van der Waals surface area (Å²) in [5, 5.41) is 13.4. The lowest BCUT2D eigenvalue weighted by Crippen LogP contribution is -2.04. The van der Waals surface area contributed by atoms with E-state index < -0.39 is 0 Å². The van der Waals surface area contributed by atoms with E-state index in [0.717, 1.165) is 22.0 Å². The lowest BCUT2D eigenvalue weighted by molar-refractivity contribution is 1.10. The normalized spacial score (nSPS) is 10.4. The SMILES string of the molecule is N#Cc1ccc2nc(-c3ccncc3)nc(NCc3ccccc3)c2c1. The van der Waals surface area contributed by atoms with Crippen molar-refractivity contribution in [3.05, 3.63) is 84.2 Å². The molecule has 0 amide bonds. The van der Waals surface area contributed by atoms with Crippen LogP contribution in [0.25, 0.3) is 22.3 Å². The molecule has 1 N–H and O–H groups in total. The van der Waals surface area contributed by atoms with E-state index in [0.29, 0.717) is 23.8 Å². The van der Waals surface area contributed by atoms with Crippen LogP contribution in [0.3, 0.4) is 0 Å². The first-order chi connectivity index (χ1) is 12.8. The van der Waals surface area contributed by atoms with Gasteiger partial charge in [0.15, 0.2) is 5.82 Å². The van der Waals surface area contributed by atoms with Crippen LogP contribution in [0.15, 0.2) is 73.1 Å². The minimum absolute atomic E-state index is 0.584. The Kier molecular flexibility index (Phi) is 4.23. The van der Waals surface area contributed by atoms with Gasteiger partial charge in [-0.3, -0.25) is 4.98 Å². The van der Waals surface area contributed by atoms with Crippen LogP contribution >= 0.6 is 0 Å². The summed E-state index contributed by atoms with van der Waals surface area (Å²) in [4.78, 5) is 13.4. The number of hydrogen-bond acceptors (Lipinski definition) is 5.